The van der Waals surface area contributed by atoms with Crippen molar-refractivity contribution in [2.45, 2.75) is 12.8 Å². The maximum Gasteiger partial charge on any atom is 0.252 e. The van der Waals surface area contributed by atoms with Crippen LogP contribution in [0.1, 0.15) is 22.3 Å². The molecule has 0 saturated heterocycles. The van der Waals surface area contributed by atoms with Gasteiger partial charge >= 0.3 is 0 Å². The zero-order valence-electron chi connectivity index (χ0n) is 14.1. The molecule has 8 nitrogen and oxygen atoms in total. The molecule has 0 fully saturated rings. The highest BCUT2D eigenvalue weighted by molar-refractivity contribution is 5.95. The first kappa shape index (κ1) is 16.7. The number of aryl methyl sites for hydroxylation is 1. The number of aromatic nitrogens is 4. The number of amides is 1. The summed E-state index contributed by atoms with van der Waals surface area (Å²) in [6.07, 6.45) is 6.71. The fraction of sp³-hybridized carbons (Fsp3) is 0.294. The summed E-state index contributed by atoms with van der Waals surface area (Å²) in [5.74, 6) is 1.57. The second-order valence-electron chi connectivity index (χ2n) is 5.43. The van der Waals surface area contributed by atoms with Crippen molar-refractivity contribution < 1.29 is 14.3 Å². The van der Waals surface area contributed by atoms with E-state index in [2.05, 4.69) is 20.4 Å². The molecule has 0 radical (unpaired) electrons. The van der Waals surface area contributed by atoms with Crippen LogP contribution in [-0.2, 0) is 6.42 Å². The van der Waals surface area contributed by atoms with Crippen LogP contribution in [0.4, 0.5) is 0 Å². The molecule has 0 saturated carbocycles. The van der Waals surface area contributed by atoms with Crippen molar-refractivity contribution in [2.75, 3.05) is 20.8 Å². The van der Waals surface area contributed by atoms with Gasteiger partial charge in [0.05, 0.1) is 14.2 Å². The summed E-state index contributed by atoms with van der Waals surface area (Å²) in [7, 11) is 3.10. The molecule has 0 bridgehead atoms. The monoisotopic (exact) mass is 341 g/mol. The maximum atomic E-state index is 12.3. The number of fused-ring (bicyclic) bond motifs is 1. The van der Waals surface area contributed by atoms with Crippen molar-refractivity contribution in [3.63, 3.8) is 0 Å². The molecule has 2 aromatic heterocycles. The van der Waals surface area contributed by atoms with E-state index in [1.54, 1.807) is 43.1 Å². The number of nitrogens with zero attached hydrogens (tertiary/aromatic N) is 4. The molecule has 0 unspecified atom stereocenters. The fourth-order valence-electron chi connectivity index (χ4n) is 2.42. The van der Waals surface area contributed by atoms with Crippen LogP contribution in [0.3, 0.4) is 0 Å². The lowest BCUT2D eigenvalue weighted by molar-refractivity contribution is 0.0952. The van der Waals surface area contributed by atoms with Gasteiger partial charge in [0, 0.05) is 30.6 Å². The second kappa shape index (κ2) is 7.61. The van der Waals surface area contributed by atoms with Gasteiger partial charge in [-0.2, -0.15) is 10.1 Å². The molecule has 25 heavy (non-hydrogen) atoms. The molecular weight excluding hydrogens is 322 g/mol. The van der Waals surface area contributed by atoms with Crippen LogP contribution in [0, 0.1) is 0 Å². The molecule has 2 heterocycles. The number of carbonyl (C=O) groups excluding carboxylic acids is 1. The molecule has 1 amide bonds. The van der Waals surface area contributed by atoms with Crippen molar-refractivity contribution in [1.82, 2.24) is 24.9 Å². The van der Waals surface area contributed by atoms with Crippen molar-refractivity contribution in [1.29, 1.82) is 0 Å². The average molecular weight is 341 g/mol. The van der Waals surface area contributed by atoms with E-state index in [1.165, 1.54) is 6.33 Å². The first-order valence-corrected chi connectivity index (χ1v) is 7.85. The normalized spacial score (nSPS) is 10.6. The highest BCUT2D eigenvalue weighted by atomic mass is 16.5. The molecule has 1 N–H and O–H groups in total. The Hall–Kier alpha value is -3.16. The highest BCUT2D eigenvalue weighted by Gasteiger charge is 2.09. The zero-order chi connectivity index (χ0) is 17.6. The Labute approximate surface area is 144 Å². The van der Waals surface area contributed by atoms with E-state index in [0.29, 0.717) is 29.4 Å². The Bertz CT molecular complexity index is 855. The Morgan fingerprint density at radius 3 is 2.64 bits per heavy atom. The summed E-state index contributed by atoms with van der Waals surface area (Å²) in [6, 6.07) is 5.09. The Morgan fingerprint density at radius 1 is 1.16 bits per heavy atom. The van der Waals surface area contributed by atoms with Crippen molar-refractivity contribution in [3.05, 3.63) is 48.0 Å². The lowest BCUT2D eigenvalue weighted by Crippen LogP contribution is -2.24. The van der Waals surface area contributed by atoms with Crippen LogP contribution in [0.2, 0.25) is 0 Å². The summed E-state index contributed by atoms with van der Waals surface area (Å²) < 4.78 is 12.0. The minimum Gasteiger partial charge on any atom is -0.497 e. The van der Waals surface area contributed by atoms with Gasteiger partial charge in [0.1, 0.15) is 17.8 Å². The van der Waals surface area contributed by atoms with Crippen LogP contribution in [0.5, 0.6) is 11.5 Å². The molecule has 3 rings (SSSR count). The van der Waals surface area contributed by atoms with Crippen LogP contribution in [0.25, 0.3) is 5.78 Å². The predicted molar refractivity (Wildman–Crippen MR) is 91.0 cm³/mol. The van der Waals surface area contributed by atoms with Crippen molar-refractivity contribution in [2.24, 2.45) is 0 Å². The van der Waals surface area contributed by atoms with Crippen molar-refractivity contribution in [3.8, 4) is 11.5 Å². The smallest absolute Gasteiger partial charge is 0.252 e. The molecule has 8 heteroatoms. The van der Waals surface area contributed by atoms with Gasteiger partial charge in [-0.25, -0.2) is 9.50 Å². The van der Waals surface area contributed by atoms with E-state index in [1.807, 2.05) is 6.20 Å². The molecule has 130 valence electrons. The van der Waals surface area contributed by atoms with Crippen molar-refractivity contribution >= 4 is 11.7 Å². The maximum absolute atomic E-state index is 12.3. The van der Waals surface area contributed by atoms with E-state index in [0.717, 1.165) is 18.4 Å². The van der Waals surface area contributed by atoms with Crippen LogP contribution in [-0.4, -0.2) is 46.3 Å². The Balaban J connectivity index is 1.53. The SMILES string of the molecule is COc1cc(OC)cc(C(=O)NCCCc2cnc3ncnn3c2)c1. The van der Waals surface area contributed by atoms with Gasteiger partial charge in [-0.1, -0.05) is 0 Å². The third kappa shape index (κ3) is 4.03. The zero-order valence-corrected chi connectivity index (χ0v) is 14.1. The van der Waals surface area contributed by atoms with E-state index >= 15 is 0 Å². The molecular formula is C17H19N5O3. The topological polar surface area (TPSA) is 90.6 Å². The highest BCUT2D eigenvalue weighted by Crippen LogP contribution is 2.22. The summed E-state index contributed by atoms with van der Waals surface area (Å²) in [4.78, 5) is 20.5. The summed E-state index contributed by atoms with van der Waals surface area (Å²) in [6.45, 7) is 0.549. The van der Waals surface area contributed by atoms with Gasteiger partial charge in [-0.3, -0.25) is 4.79 Å². The van der Waals surface area contributed by atoms with Crippen LogP contribution < -0.4 is 14.8 Å². The largest absolute Gasteiger partial charge is 0.497 e. The number of ether oxygens (including phenoxy) is 2. The van der Waals surface area contributed by atoms with E-state index < -0.39 is 0 Å². The first-order valence-electron chi connectivity index (χ1n) is 7.85. The lowest BCUT2D eigenvalue weighted by Gasteiger charge is -2.09. The third-order valence-electron chi connectivity index (χ3n) is 3.73. The number of carbonyl (C=O) groups is 1. The number of hydrogen-bond acceptors (Lipinski definition) is 6. The Kier molecular flexibility index (Phi) is 5.08. The number of nitrogens with one attached hydrogen (secondary N) is 1. The standard InChI is InChI=1S/C17H19N5O3/c1-24-14-6-13(7-15(8-14)25-2)16(23)18-5-3-4-12-9-19-17-20-11-21-22(17)10-12/h6-11H,3-5H2,1-2H3,(H,18,23). The Morgan fingerprint density at radius 2 is 1.92 bits per heavy atom. The number of hydrogen-bond donors (Lipinski definition) is 1. The average Bonchev–Trinajstić information content (AvgIpc) is 3.12. The van der Waals surface area contributed by atoms with Gasteiger partial charge in [0.15, 0.2) is 0 Å². The van der Waals surface area contributed by atoms with Gasteiger partial charge in [-0.05, 0) is 30.5 Å². The van der Waals surface area contributed by atoms with Gasteiger partial charge in [0.25, 0.3) is 11.7 Å². The van der Waals surface area contributed by atoms with Gasteiger partial charge < -0.3 is 14.8 Å². The minimum absolute atomic E-state index is 0.165. The predicted octanol–water partition coefficient (Wildman–Crippen LogP) is 1.50. The molecule has 1 aromatic carbocycles. The summed E-state index contributed by atoms with van der Waals surface area (Å²) in [5, 5.41) is 6.96. The minimum atomic E-state index is -0.165. The molecule has 0 spiro atoms. The molecule has 0 aliphatic rings. The molecule has 0 aliphatic heterocycles. The number of methoxy groups -OCH3 is 2. The second-order valence-corrected chi connectivity index (χ2v) is 5.43. The van der Waals surface area contributed by atoms with Crippen LogP contribution in [0.15, 0.2) is 36.9 Å². The lowest BCUT2D eigenvalue weighted by atomic mass is 10.1. The van der Waals surface area contributed by atoms with E-state index in [-0.39, 0.29) is 5.91 Å². The fourth-order valence-corrected chi connectivity index (χ4v) is 2.42. The third-order valence-corrected chi connectivity index (χ3v) is 3.73. The van der Waals surface area contributed by atoms with Gasteiger partial charge in [-0.15, -0.1) is 0 Å². The summed E-state index contributed by atoms with van der Waals surface area (Å²) in [5.41, 5.74) is 1.54. The molecule has 3 aromatic rings. The number of rotatable bonds is 7. The quantitative estimate of drug-likeness (QED) is 0.655. The molecule has 0 atom stereocenters. The first-order chi connectivity index (χ1) is 12.2. The molecule has 0 aliphatic carbocycles. The number of benzene rings is 1. The van der Waals surface area contributed by atoms with Gasteiger partial charge in [0.2, 0.25) is 0 Å². The van der Waals surface area contributed by atoms with Crippen LogP contribution >= 0.6 is 0 Å². The summed E-state index contributed by atoms with van der Waals surface area (Å²) >= 11 is 0. The van der Waals surface area contributed by atoms with E-state index in [9.17, 15) is 4.79 Å². The van der Waals surface area contributed by atoms with E-state index in [4.69, 9.17) is 9.47 Å².